The molecule has 1 aromatic carbocycles. The van der Waals surface area contributed by atoms with Crippen LogP contribution in [0.15, 0.2) is 36.4 Å². The molecule has 0 fully saturated rings. The predicted octanol–water partition coefficient (Wildman–Crippen LogP) is -5.82. The zero-order chi connectivity index (χ0) is 28.1. The number of methoxy groups -OCH3 is 1. The standard InChI is InChI=1S/C18H16F2N2O3.C4H8O.C3H2O.CHO.CH3.3Li/c1-10-7-12(8-11(2)21-10)9-15(18(24)25-3)22-17(23)16-13(19)5-4-6-14(16)20;1-3-5-4-2;1-2-3-4;1-2;;;;/h4-8,15H,1-2,9H2,3H3,(H,22,23);1-4H2;1-2H;1H;1H3;;;/q3*-2;2*-1;3*+1/t15-;;;;;;;/m0......./s1. The van der Waals surface area contributed by atoms with Crippen molar-refractivity contribution in [3.63, 3.8) is 0 Å². The maximum atomic E-state index is 13.7. The quantitative estimate of drug-likeness (QED) is 0.118. The number of aromatic nitrogens is 1. The predicted molar refractivity (Wildman–Crippen MR) is 136 cm³/mol. The van der Waals surface area contributed by atoms with Gasteiger partial charge in [-0.2, -0.15) is 12.1 Å². The SMILES string of the molecule is [CH-]=C[C-]=O.[CH-]=O.[CH2-]COC[CH2-].[CH2-]c1cc(C[C@H](NC(=O)c2c(F)cccc2F)C(=O)OC)cc([CH2-])n1.[CH3-].[Li+].[Li+].[Li+]. The second kappa shape index (κ2) is 31.3. The number of allylic oxidation sites excluding steroid dienone is 1. The Bertz CT molecular complexity index is 937. The Morgan fingerprint density at radius 3 is 1.82 bits per heavy atom. The first-order valence-electron chi connectivity index (χ1n) is 9.93. The van der Waals surface area contributed by atoms with E-state index in [9.17, 15) is 18.4 Å². The number of ether oxygens (including phenoxy) is 2. The van der Waals surface area contributed by atoms with E-state index >= 15 is 0 Å². The number of carbonyl (C=O) groups is 2. The molecule has 0 saturated carbocycles. The average Bonchev–Trinajstić information content (AvgIpc) is 2.84. The molecule has 13 heteroatoms. The Balaban J connectivity index is -0.000000166. The van der Waals surface area contributed by atoms with Crippen molar-refractivity contribution in [1.29, 1.82) is 0 Å². The number of nitrogens with zero attached hydrogens (tertiary/aromatic N) is 1. The van der Waals surface area contributed by atoms with E-state index in [1.807, 2.05) is 0 Å². The first-order chi connectivity index (χ1) is 17.1. The van der Waals surface area contributed by atoms with E-state index in [0.717, 1.165) is 31.4 Å². The van der Waals surface area contributed by atoms with Crippen LogP contribution in [0.1, 0.15) is 27.3 Å². The summed E-state index contributed by atoms with van der Waals surface area (Å²) < 4.78 is 36.7. The number of amides is 1. The largest absolute Gasteiger partial charge is 1.00 e. The first-order valence-corrected chi connectivity index (χ1v) is 9.93. The Hall–Kier alpha value is -2.26. The van der Waals surface area contributed by atoms with Crippen LogP contribution in [-0.2, 0) is 30.3 Å². The minimum atomic E-state index is -1.14. The van der Waals surface area contributed by atoms with Gasteiger partial charge < -0.3 is 63.3 Å². The van der Waals surface area contributed by atoms with E-state index in [1.54, 1.807) is 12.1 Å². The summed E-state index contributed by atoms with van der Waals surface area (Å²) in [5.41, 5.74) is 0.742. The molecular weight excluding hydrogens is 507 g/mol. The third-order valence-corrected chi connectivity index (χ3v) is 3.77. The van der Waals surface area contributed by atoms with Crippen LogP contribution in [0.2, 0.25) is 0 Å². The normalized spacial score (nSPS) is 8.93. The minimum absolute atomic E-state index is 0. The van der Waals surface area contributed by atoms with Gasteiger partial charge in [-0.25, -0.2) is 33.0 Å². The fourth-order valence-electron chi connectivity index (χ4n) is 2.45. The van der Waals surface area contributed by atoms with Crippen LogP contribution in [0.3, 0.4) is 0 Å². The Morgan fingerprint density at radius 1 is 1.07 bits per heavy atom. The van der Waals surface area contributed by atoms with E-state index in [4.69, 9.17) is 9.59 Å². The molecular formula is C27H30F2Li3N2O6-5. The second-order valence-electron chi connectivity index (χ2n) is 6.20. The molecule has 40 heavy (non-hydrogen) atoms. The van der Waals surface area contributed by atoms with Crippen LogP contribution < -0.4 is 61.9 Å². The first kappa shape index (κ1) is 50.6. The number of halogens is 2. The zero-order valence-corrected chi connectivity index (χ0v) is 23.8. The maximum Gasteiger partial charge on any atom is 1.00 e. The number of esters is 1. The third-order valence-electron chi connectivity index (χ3n) is 3.77. The van der Waals surface area contributed by atoms with Crippen molar-refractivity contribution in [3.8, 4) is 0 Å². The molecule has 1 atom stereocenters. The fourth-order valence-corrected chi connectivity index (χ4v) is 2.45. The van der Waals surface area contributed by atoms with Crippen molar-refractivity contribution in [2.45, 2.75) is 12.5 Å². The number of nitrogens with one attached hydrogen (secondary N) is 1. The number of benzene rings is 1. The van der Waals surface area contributed by atoms with Crippen LogP contribution in [0.25, 0.3) is 0 Å². The van der Waals surface area contributed by atoms with Gasteiger partial charge in [0.1, 0.15) is 23.2 Å². The molecule has 1 heterocycles. The molecule has 0 spiro atoms. The molecule has 0 bridgehead atoms. The maximum absolute atomic E-state index is 13.7. The van der Waals surface area contributed by atoms with Crippen LogP contribution in [0.5, 0.6) is 0 Å². The van der Waals surface area contributed by atoms with Gasteiger partial charge in [0.2, 0.25) is 0 Å². The van der Waals surface area contributed by atoms with Crippen LogP contribution in [-0.4, -0.2) is 56.3 Å². The van der Waals surface area contributed by atoms with Gasteiger partial charge in [-0.1, -0.05) is 19.3 Å². The average molecular weight is 537 g/mol. The molecule has 206 valence electrons. The molecule has 2 rings (SSSR count). The van der Waals surface area contributed by atoms with Gasteiger partial charge in [-0.3, -0.25) is 17.9 Å². The van der Waals surface area contributed by atoms with Crippen LogP contribution >= 0.6 is 0 Å². The van der Waals surface area contributed by atoms with E-state index in [1.165, 1.54) is 6.29 Å². The number of hydrogen-bond acceptors (Lipinski definition) is 7. The summed E-state index contributed by atoms with van der Waals surface area (Å²) in [6.07, 6.45) is 2.18. The van der Waals surface area contributed by atoms with Crippen molar-refractivity contribution in [2.24, 2.45) is 0 Å². The van der Waals surface area contributed by atoms with Gasteiger partial charge in [0, 0.05) is 0 Å². The number of pyridine rings is 1. The summed E-state index contributed by atoms with van der Waals surface area (Å²) >= 11 is 0. The summed E-state index contributed by atoms with van der Waals surface area (Å²) in [4.78, 5) is 44.8. The summed E-state index contributed by atoms with van der Waals surface area (Å²) in [6.45, 7) is 23.0. The molecule has 1 N–H and O–H groups in total. The van der Waals surface area contributed by atoms with E-state index in [2.05, 4.69) is 60.8 Å². The van der Waals surface area contributed by atoms with Gasteiger partial charge >= 0.3 is 62.6 Å². The van der Waals surface area contributed by atoms with Gasteiger partial charge in [-0.15, -0.1) is 11.4 Å². The van der Waals surface area contributed by atoms with Crippen molar-refractivity contribution in [1.82, 2.24) is 10.3 Å². The van der Waals surface area contributed by atoms with Crippen LogP contribution in [0, 0.1) is 53.3 Å². The molecule has 0 saturated heterocycles. The minimum Gasteiger partial charge on any atom is -0.547 e. The summed E-state index contributed by atoms with van der Waals surface area (Å²) in [7, 11) is 1.15. The number of rotatable bonds is 8. The Kier molecular flexibility index (Phi) is 39.5. The summed E-state index contributed by atoms with van der Waals surface area (Å²) in [5.74, 6) is -3.85. The molecule has 8 nitrogen and oxygen atoms in total. The van der Waals surface area contributed by atoms with Gasteiger partial charge in [0.15, 0.2) is 0 Å². The second-order valence-corrected chi connectivity index (χ2v) is 6.20. The molecule has 2 aromatic rings. The third kappa shape index (κ3) is 21.6. The number of hydrogen-bond donors (Lipinski definition) is 1. The monoisotopic (exact) mass is 537 g/mol. The van der Waals surface area contributed by atoms with Crippen molar-refractivity contribution >= 4 is 25.0 Å². The molecule has 0 aliphatic heterocycles. The zero-order valence-electron chi connectivity index (χ0n) is 23.8. The summed E-state index contributed by atoms with van der Waals surface area (Å²) in [6, 6.07) is 5.14. The Morgan fingerprint density at radius 2 is 1.50 bits per heavy atom. The molecule has 0 aliphatic rings. The molecule has 1 aromatic heterocycles. The molecule has 1 amide bonds. The van der Waals surface area contributed by atoms with Crippen molar-refractivity contribution < 1.29 is 94.0 Å². The van der Waals surface area contributed by atoms with Gasteiger partial charge in [0.25, 0.3) is 5.91 Å². The molecule has 0 radical (unpaired) electrons. The van der Waals surface area contributed by atoms with E-state index in [-0.39, 0.29) is 70.4 Å². The van der Waals surface area contributed by atoms with Gasteiger partial charge in [-0.05, 0) is 18.6 Å². The van der Waals surface area contributed by atoms with Crippen molar-refractivity contribution in [3.05, 3.63) is 112 Å². The molecule has 0 unspecified atom stereocenters. The Labute approximate surface area is 273 Å². The number of carbonyl (C=O) groups excluding carboxylic acids is 4. The topological polar surface area (TPSA) is 112 Å². The fraction of sp³-hybridized carbons (Fsp3) is 0.185. The van der Waals surface area contributed by atoms with E-state index < -0.39 is 35.1 Å². The van der Waals surface area contributed by atoms with Crippen molar-refractivity contribution in [2.75, 3.05) is 20.3 Å². The van der Waals surface area contributed by atoms with Gasteiger partial charge in [0.05, 0.1) is 7.11 Å². The summed E-state index contributed by atoms with van der Waals surface area (Å²) in [5, 5.41) is 2.30. The molecule has 0 aliphatic carbocycles. The smallest absolute Gasteiger partial charge is 0.547 e. The van der Waals surface area contributed by atoms with Crippen LogP contribution in [0.4, 0.5) is 8.78 Å². The van der Waals surface area contributed by atoms with E-state index in [0.29, 0.717) is 30.2 Å².